The summed E-state index contributed by atoms with van der Waals surface area (Å²) in [4.78, 5) is 0. The van der Waals surface area contributed by atoms with E-state index in [2.05, 4.69) is 5.92 Å². The number of nitrogens with two attached hydrogens (primary N) is 2. The highest BCUT2D eigenvalue weighted by molar-refractivity contribution is 5.19. The highest BCUT2D eigenvalue weighted by Gasteiger charge is 2.16. The second-order valence-corrected chi connectivity index (χ2v) is 3.34. The fourth-order valence-electron chi connectivity index (χ4n) is 1.46. The Balaban J connectivity index is 2.73. The predicted octanol–water partition coefficient (Wildman–Crippen LogP) is 1.28. The molecule has 2 atom stereocenters. The van der Waals surface area contributed by atoms with Crippen molar-refractivity contribution in [3.05, 3.63) is 35.9 Å². The van der Waals surface area contributed by atoms with E-state index in [1.165, 1.54) is 0 Å². The van der Waals surface area contributed by atoms with Gasteiger partial charge in [0.25, 0.3) is 0 Å². The average Bonchev–Trinajstić information content (AvgIpc) is 2.26. The van der Waals surface area contributed by atoms with Crippen molar-refractivity contribution < 1.29 is 0 Å². The Kier molecular flexibility index (Phi) is 4.18. The van der Waals surface area contributed by atoms with E-state index in [9.17, 15) is 0 Å². The largest absolute Gasteiger partial charge is 0.330 e. The van der Waals surface area contributed by atoms with Crippen LogP contribution in [0.5, 0.6) is 0 Å². The normalized spacial score (nSPS) is 14.4. The van der Waals surface area contributed by atoms with Gasteiger partial charge in [0.05, 0.1) is 0 Å². The molecule has 0 bridgehead atoms. The molecule has 14 heavy (non-hydrogen) atoms. The monoisotopic (exact) mass is 188 g/mol. The molecule has 1 aromatic rings. The Morgan fingerprint density at radius 3 is 2.43 bits per heavy atom. The molecule has 0 saturated heterocycles. The summed E-state index contributed by atoms with van der Waals surface area (Å²) < 4.78 is 0. The summed E-state index contributed by atoms with van der Waals surface area (Å²) in [5, 5.41) is 0. The molecule has 0 aliphatic carbocycles. The molecule has 0 radical (unpaired) electrons. The van der Waals surface area contributed by atoms with Crippen LogP contribution in [-0.2, 0) is 0 Å². The molecular weight excluding hydrogens is 172 g/mol. The first kappa shape index (κ1) is 10.8. The number of terminal acetylenes is 1. The Morgan fingerprint density at radius 2 is 1.93 bits per heavy atom. The van der Waals surface area contributed by atoms with Crippen LogP contribution in [0.2, 0.25) is 0 Å². The maximum atomic E-state index is 6.06. The van der Waals surface area contributed by atoms with E-state index in [-0.39, 0.29) is 12.0 Å². The second-order valence-electron chi connectivity index (χ2n) is 3.34. The van der Waals surface area contributed by atoms with Crippen molar-refractivity contribution in [2.45, 2.75) is 12.5 Å². The van der Waals surface area contributed by atoms with Gasteiger partial charge in [-0.2, -0.15) is 0 Å². The average molecular weight is 188 g/mol. The predicted molar refractivity (Wildman–Crippen MR) is 59.4 cm³/mol. The lowest BCUT2D eigenvalue weighted by atomic mass is 9.91. The number of benzene rings is 1. The van der Waals surface area contributed by atoms with Crippen LogP contribution in [0, 0.1) is 18.3 Å². The van der Waals surface area contributed by atoms with Crippen molar-refractivity contribution >= 4 is 0 Å². The SMILES string of the molecule is C#CCC(CN)C(N)c1ccccc1. The van der Waals surface area contributed by atoms with Gasteiger partial charge in [0, 0.05) is 18.4 Å². The summed E-state index contributed by atoms with van der Waals surface area (Å²) in [6.07, 6.45) is 5.89. The van der Waals surface area contributed by atoms with Gasteiger partial charge < -0.3 is 11.5 Å². The fourth-order valence-corrected chi connectivity index (χ4v) is 1.46. The van der Waals surface area contributed by atoms with E-state index in [4.69, 9.17) is 17.9 Å². The third kappa shape index (κ3) is 2.59. The Labute approximate surface area is 85.3 Å². The van der Waals surface area contributed by atoms with Crippen LogP contribution < -0.4 is 11.5 Å². The van der Waals surface area contributed by atoms with Crippen LogP contribution in [0.3, 0.4) is 0 Å². The second kappa shape index (κ2) is 5.43. The summed E-state index contributed by atoms with van der Waals surface area (Å²) in [7, 11) is 0. The third-order valence-electron chi connectivity index (χ3n) is 2.38. The molecule has 1 rings (SSSR count). The molecule has 2 heteroatoms. The van der Waals surface area contributed by atoms with Crippen LogP contribution in [0.1, 0.15) is 18.0 Å². The van der Waals surface area contributed by atoms with Gasteiger partial charge in [-0.05, 0) is 12.1 Å². The minimum Gasteiger partial charge on any atom is -0.330 e. The van der Waals surface area contributed by atoms with Gasteiger partial charge in [0.15, 0.2) is 0 Å². The van der Waals surface area contributed by atoms with Gasteiger partial charge in [-0.3, -0.25) is 0 Å². The number of rotatable bonds is 4. The van der Waals surface area contributed by atoms with Gasteiger partial charge >= 0.3 is 0 Å². The molecular formula is C12H16N2. The Morgan fingerprint density at radius 1 is 1.29 bits per heavy atom. The van der Waals surface area contributed by atoms with Gasteiger partial charge in [-0.1, -0.05) is 30.3 Å². The van der Waals surface area contributed by atoms with E-state index in [0.717, 1.165) is 5.56 Å². The molecule has 74 valence electrons. The van der Waals surface area contributed by atoms with Gasteiger partial charge in [-0.25, -0.2) is 0 Å². The number of hydrogen-bond donors (Lipinski definition) is 2. The maximum absolute atomic E-state index is 6.06. The van der Waals surface area contributed by atoms with E-state index in [1.807, 2.05) is 30.3 Å². The van der Waals surface area contributed by atoms with Gasteiger partial charge in [-0.15, -0.1) is 12.3 Å². The first-order valence-corrected chi connectivity index (χ1v) is 4.73. The molecule has 1 aromatic carbocycles. The minimum absolute atomic E-state index is 0.0581. The van der Waals surface area contributed by atoms with Crippen LogP contribution in [0.25, 0.3) is 0 Å². The van der Waals surface area contributed by atoms with Crippen molar-refractivity contribution in [1.29, 1.82) is 0 Å². The van der Waals surface area contributed by atoms with E-state index in [0.29, 0.717) is 13.0 Å². The summed E-state index contributed by atoms with van der Waals surface area (Å²) in [5.74, 6) is 2.78. The topological polar surface area (TPSA) is 52.0 Å². The molecule has 0 saturated carbocycles. The smallest absolute Gasteiger partial charge is 0.0344 e. The summed E-state index contributed by atoms with van der Waals surface area (Å²) in [5.41, 5.74) is 12.8. The molecule has 2 nitrogen and oxygen atoms in total. The lowest BCUT2D eigenvalue weighted by Gasteiger charge is -2.20. The van der Waals surface area contributed by atoms with Crippen molar-refractivity contribution in [1.82, 2.24) is 0 Å². The van der Waals surface area contributed by atoms with Crippen molar-refractivity contribution in [2.75, 3.05) is 6.54 Å². The van der Waals surface area contributed by atoms with Crippen molar-refractivity contribution in [3.8, 4) is 12.3 Å². The molecule has 0 aliphatic rings. The lowest BCUT2D eigenvalue weighted by molar-refractivity contribution is 0.451. The van der Waals surface area contributed by atoms with Crippen LogP contribution in [0.15, 0.2) is 30.3 Å². The van der Waals surface area contributed by atoms with E-state index in [1.54, 1.807) is 0 Å². The molecule has 0 aromatic heterocycles. The highest BCUT2D eigenvalue weighted by atomic mass is 14.7. The van der Waals surface area contributed by atoms with Crippen LogP contribution >= 0.6 is 0 Å². The zero-order chi connectivity index (χ0) is 10.4. The third-order valence-corrected chi connectivity index (χ3v) is 2.38. The number of hydrogen-bond acceptors (Lipinski definition) is 2. The van der Waals surface area contributed by atoms with Crippen molar-refractivity contribution in [3.63, 3.8) is 0 Å². The summed E-state index contributed by atoms with van der Waals surface area (Å²) in [6.45, 7) is 0.528. The van der Waals surface area contributed by atoms with Gasteiger partial charge in [0.2, 0.25) is 0 Å². The molecule has 2 unspecified atom stereocenters. The highest BCUT2D eigenvalue weighted by Crippen LogP contribution is 2.20. The first-order chi connectivity index (χ1) is 6.79. The standard InChI is InChI=1S/C12H16N2/c1-2-6-11(9-13)12(14)10-7-4-3-5-8-10/h1,3-5,7-8,11-12H,6,9,13-14H2. The van der Waals surface area contributed by atoms with Crippen LogP contribution in [-0.4, -0.2) is 6.54 Å². The first-order valence-electron chi connectivity index (χ1n) is 4.73. The summed E-state index contributed by atoms with van der Waals surface area (Å²) >= 11 is 0. The molecule has 0 spiro atoms. The zero-order valence-corrected chi connectivity index (χ0v) is 8.19. The lowest BCUT2D eigenvalue weighted by Crippen LogP contribution is -2.27. The fraction of sp³-hybridized carbons (Fsp3) is 0.333. The molecule has 4 N–H and O–H groups in total. The minimum atomic E-state index is -0.0581. The van der Waals surface area contributed by atoms with E-state index < -0.39 is 0 Å². The maximum Gasteiger partial charge on any atom is 0.0344 e. The quantitative estimate of drug-likeness (QED) is 0.699. The molecule has 0 aliphatic heterocycles. The molecule has 0 fully saturated rings. The Bertz CT molecular complexity index is 300. The summed E-state index contributed by atoms with van der Waals surface area (Å²) in [6, 6.07) is 9.86. The van der Waals surface area contributed by atoms with Gasteiger partial charge in [0.1, 0.15) is 0 Å². The molecule has 0 heterocycles. The zero-order valence-electron chi connectivity index (χ0n) is 8.19. The molecule has 0 amide bonds. The van der Waals surface area contributed by atoms with Crippen molar-refractivity contribution in [2.24, 2.45) is 17.4 Å². The van der Waals surface area contributed by atoms with E-state index >= 15 is 0 Å². The van der Waals surface area contributed by atoms with Crippen LogP contribution in [0.4, 0.5) is 0 Å². The Hall–Kier alpha value is -1.30.